The molecule has 0 saturated carbocycles. The first-order valence-electron chi connectivity index (χ1n) is 6.39. The van der Waals surface area contributed by atoms with Gasteiger partial charge in [0.05, 0.1) is 0 Å². The van der Waals surface area contributed by atoms with Crippen LogP contribution in [0.25, 0.3) is 0 Å². The molecule has 6 heteroatoms. The van der Waals surface area contributed by atoms with Crippen LogP contribution in [0.3, 0.4) is 0 Å². The SMILES string of the molecule is O=C(O)[C@H]1CCCN1C(=O)[C@H]1SCCc2sccc21. The standard InChI is InChI=1S/C13H15NO3S2/c15-12(14-5-1-2-9(14)13(16)17)11-8-3-6-18-10(8)4-7-19-11/h3,6,9,11H,1-2,4-5,7H2,(H,16,17)/t9-,11+/m1/s1. The number of carboxylic acid groups (broad SMARTS) is 1. The molecule has 0 aromatic carbocycles. The molecule has 2 atom stereocenters. The molecule has 4 nitrogen and oxygen atoms in total. The largest absolute Gasteiger partial charge is 0.480 e. The van der Waals surface area contributed by atoms with Gasteiger partial charge in [-0.05, 0) is 42.0 Å². The van der Waals surface area contributed by atoms with Crippen molar-refractivity contribution in [3.8, 4) is 0 Å². The average molecular weight is 297 g/mol. The highest BCUT2D eigenvalue weighted by Gasteiger charge is 2.39. The van der Waals surface area contributed by atoms with Gasteiger partial charge in [0.25, 0.3) is 0 Å². The highest BCUT2D eigenvalue weighted by atomic mass is 32.2. The molecule has 1 saturated heterocycles. The van der Waals surface area contributed by atoms with Crippen molar-refractivity contribution in [2.45, 2.75) is 30.6 Å². The van der Waals surface area contributed by atoms with Crippen LogP contribution in [0.2, 0.25) is 0 Å². The predicted octanol–water partition coefficient (Wildman–Crippen LogP) is 2.15. The molecule has 2 aliphatic rings. The summed E-state index contributed by atoms with van der Waals surface area (Å²) in [6.45, 7) is 0.576. The third-order valence-electron chi connectivity index (χ3n) is 3.72. The Kier molecular flexibility index (Phi) is 3.54. The topological polar surface area (TPSA) is 57.6 Å². The molecular weight excluding hydrogens is 282 g/mol. The fourth-order valence-electron chi connectivity index (χ4n) is 2.79. The fourth-order valence-corrected chi connectivity index (χ4v) is 5.15. The molecule has 102 valence electrons. The van der Waals surface area contributed by atoms with E-state index in [0.29, 0.717) is 13.0 Å². The van der Waals surface area contributed by atoms with Gasteiger partial charge in [-0.1, -0.05) is 0 Å². The van der Waals surface area contributed by atoms with Crippen LogP contribution in [-0.2, 0) is 16.0 Å². The summed E-state index contributed by atoms with van der Waals surface area (Å²) < 4.78 is 0. The smallest absolute Gasteiger partial charge is 0.326 e. The quantitative estimate of drug-likeness (QED) is 0.909. The highest BCUT2D eigenvalue weighted by molar-refractivity contribution is 8.00. The number of aryl methyl sites for hydroxylation is 1. The van der Waals surface area contributed by atoms with E-state index in [-0.39, 0.29) is 11.2 Å². The first-order chi connectivity index (χ1) is 9.18. The van der Waals surface area contributed by atoms with Gasteiger partial charge in [-0.15, -0.1) is 23.1 Å². The van der Waals surface area contributed by atoms with Crippen molar-refractivity contribution in [2.24, 2.45) is 0 Å². The summed E-state index contributed by atoms with van der Waals surface area (Å²) >= 11 is 3.34. The minimum absolute atomic E-state index is 0.0192. The maximum atomic E-state index is 12.6. The second-order valence-electron chi connectivity index (χ2n) is 4.83. The van der Waals surface area contributed by atoms with Crippen molar-refractivity contribution in [3.05, 3.63) is 21.9 Å². The lowest BCUT2D eigenvalue weighted by atomic mass is 10.1. The zero-order valence-electron chi connectivity index (χ0n) is 10.4. The Bertz CT molecular complexity index is 514. The van der Waals surface area contributed by atoms with Gasteiger partial charge in [0.1, 0.15) is 11.3 Å². The molecule has 1 aromatic rings. The van der Waals surface area contributed by atoms with Gasteiger partial charge in [-0.25, -0.2) is 4.79 Å². The summed E-state index contributed by atoms with van der Waals surface area (Å²) in [5, 5.41) is 11.0. The third-order valence-corrected chi connectivity index (χ3v) is 5.95. The van der Waals surface area contributed by atoms with Gasteiger partial charge < -0.3 is 10.0 Å². The molecule has 0 aliphatic carbocycles. The number of carbonyl (C=O) groups excluding carboxylic acids is 1. The van der Waals surface area contributed by atoms with Crippen molar-refractivity contribution in [1.29, 1.82) is 0 Å². The lowest BCUT2D eigenvalue weighted by Gasteiger charge is -2.28. The van der Waals surface area contributed by atoms with Crippen LogP contribution >= 0.6 is 23.1 Å². The minimum Gasteiger partial charge on any atom is -0.480 e. The van der Waals surface area contributed by atoms with Crippen molar-refractivity contribution in [2.75, 3.05) is 12.3 Å². The van der Waals surface area contributed by atoms with Crippen LogP contribution in [-0.4, -0.2) is 40.2 Å². The van der Waals surface area contributed by atoms with Gasteiger partial charge in [0.15, 0.2) is 0 Å². The van der Waals surface area contributed by atoms with Crippen molar-refractivity contribution in [3.63, 3.8) is 0 Å². The van der Waals surface area contributed by atoms with Crippen LogP contribution in [0, 0.1) is 0 Å². The molecule has 0 spiro atoms. The number of nitrogens with zero attached hydrogens (tertiary/aromatic N) is 1. The van der Waals surface area contributed by atoms with Gasteiger partial charge in [0, 0.05) is 11.4 Å². The van der Waals surface area contributed by atoms with Crippen LogP contribution < -0.4 is 0 Å². The van der Waals surface area contributed by atoms with Gasteiger partial charge in [0.2, 0.25) is 5.91 Å². The number of fused-ring (bicyclic) bond motifs is 1. The number of amides is 1. The van der Waals surface area contributed by atoms with E-state index in [1.54, 1.807) is 28.0 Å². The number of rotatable bonds is 2. The second-order valence-corrected chi connectivity index (χ2v) is 7.04. The molecule has 19 heavy (non-hydrogen) atoms. The number of thioether (sulfide) groups is 1. The number of hydrogen-bond donors (Lipinski definition) is 1. The minimum atomic E-state index is -0.878. The van der Waals surface area contributed by atoms with Gasteiger partial charge >= 0.3 is 5.97 Å². The van der Waals surface area contributed by atoms with Crippen molar-refractivity contribution < 1.29 is 14.7 Å². The highest BCUT2D eigenvalue weighted by Crippen LogP contribution is 2.41. The van der Waals surface area contributed by atoms with E-state index >= 15 is 0 Å². The normalized spacial score (nSPS) is 26.2. The first-order valence-corrected chi connectivity index (χ1v) is 8.32. The van der Waals surface area contributed by atoms with E-state index in [1.807, 2.05) is 11.4 Å². The second kappa shape index (κ2) is 5.17. The Labute approximate surface area is 119 Å². The van der Waals surface area contributed by atoms with Gasteiger partial charge in [-0.3, -0.25) is 4.79 Å². The fraction of sp³-hybridized carbons (Fsp3) is 0.538. The third kappa shape index (κ3) is 2.27. The Morgan fingerprint density at radius 2 is 2.26 bits per heavy atom. The maximum Gasteiger partial charge on any atom is 0.326 e. The van der Waals surface area contributed by atoms with E-state index in [9.17, 15) is 14.7 Å². The molecule has 1 fully saturated rings. The first kappa shape index (κ1) is 13.0. The van der Waals surface area contributed by atoms with Crippen molar-refractivity contribution in [1.82, 2.24) is 4.90 Å². The monoisotopic (exact) mass is 297 g/mol. The molecular formula is C13H15NO3S2. The molecule has 3 rings (SSSR count). The van der Waals surface area contributed by atoms with Crippen molar-refractivity contribution >= 4 is 35.0 Å². The van der Waals surface area contributed by atoms with Crippen LogP contribution in [0.1, 0.15) is 28.5 Å². The maximum absolute atomic E-state index is 12.6. The van der Waals surface area contributed by atoms with E-state index in [4.69, 9.17) is 0 Å². The number of aliphatic carboxylic acids is 1. The van der Waals surface area contributed by atoms with Crippen LogP contribution in [0.15, 0.2) is 11.4 Å². The van der Waals surface area contributed by atoms with Crippen LogP contribution in [0.4, 0.5) is 0 Å². The molecule has 0 unspecified atom stereocenters. The number of likely N-dealkylation sites (tertiary alicyclic amines) is 1. The lowest BCUT2D eigenvalue weighted by Crippen LogP contribution is -2.42. The van der Waals surface area contributed by atoms with Crippen LogP contribution in [0.5, 0.6) is 0 Å². The number of carboxylic acids is 1. The van der Waals surface area contributed by atoms with E-state index < -0.39 is 12.0 Å². The molecule has 1 aromatic heterocycles. The summed E-state index contributed by atoms with van der Waals surface area (Å²) in [5.41, 5.74) is 1.10. The zero-order chi connectivity index (χ0) is 13.4. The Balaban J connectivity index is 1.84. The average Bonchev–Trinajstić information content (AvgIpc) is 3.05. The molecule has 3 heterocycles. The Morgan fingerprint density at radius 1 is 1.42 bits per heavy atom. The molecule has 1 N–H and O–H groups in total. The number of hydrogen-bond acceptors (Lipinski definition) is 4. The van der Waals surface area contributed by atoms with E-state index in [1.165, 1.54) is 4.88 Å². The number of thiophene rings is 1. The number of carbonyl (C=O) groups is 2. The Hall–Kier alpha value is -1.01. The summed E-state index contributed by atoms with van der Waals surface area (Å²) in [6, 6.07) is 1.39. The summed E-state index contributed by atoms with van der Waals surface area (Å²) in [7, 11) is 0. The lowest BCUT2D eigenvalue weighted by molar-refractivity contribution is -0.148. The predicted molar refractivity (Wildman–Crippen MR) is 75.6 cm³/mol. The molecule has 0 radical (unpaired) electrons. The Morgan fingerprint density at radius 3 is 3.05 bits per heavy atom. The van der Waals surface area contributed by atoms with E-state index in [2.05, 4.69) is 0 Å². The van der Waals surface area contributed by atoms with E-state index in [0.717, 1.165) is 24.2 Å². The summed E-state index contributed by atoms with van der Waals surface area (Å²) in [4.78, 5) is 26.7. The molecule has 1 amide bonds. The summed E-state index contributed by atoms with van der Waals surface area (Å²) in [5.74, 6) is 0.0432. The summed E-state index contributed by atoms with van der Waals surface area (Å²) in [6.07, 6.45) is 2.38. The molecule has 0 bridgehead atoms. The zero-order valence-corrected chi connectivity index (χ0v) is 12.0. The van der Waals surface area contributed by atoms with Gasteiger partial charge in [-0.2, -0.15) is 0 Å². The molecule has 2 aliphatic heterocycles.